The molecule has 0 unspecified atom stereocenters. The molecular formula is C17H26N2O. The molecule has 0 bridgehead atoms. The van der Waals surface area contributed by atoms with Crippen LogP contribution in [0.1, 0.15) is 52.1 Å². The van der Waals surface area contributed by atoms with Crippen molar-refractivity contribution in [1.29, 1.82) is 0 Å². The number of nitrogens with zero attached hydrogens (tertiary/aromatic N) is 1. The summed E-state index contributed by atoms with van der Waals surface area (Å²) in [6.07, 6.45) is 4.31. The van der Waals surface area contributed by atoms with Crippen molar-refractivity contribution in [2.45, 2.75) is 53.4 Å². The van der Waals surface area contributed by atoms with E-state index in [1.807, 2.05) is 25.1 Å². The first-order chi connectivity index (χ1) is 9.36. The molecule has 1 aromatic heterocycles. The van der Waals surface area contributed by atoms with E-state index in [0.717, 1.165) is 37.3 Å². The fourth-order valence-electron chi connectivity index (χ4n) is 3.06. The van der Waals surface area contributed by atoms with Gasteiger partial charge in [-0.2, -0.15) is 0 Å². The van der Waals surface area contributed by atoms with Crippen molar-refractivity contribution in [3.05, 3.63) is 23.9 Å². The third kappa shape index (κ3) is 3.81. The Morgan fingerprint density at radius 3 is 2.40 bits per heavy atom. The number of aryl methyl sites for hydroxylation is 1. The Labute approximate surface area is 122 Å². The van der Waals surface area contributed by atoms with E-state index in [1.165, 1.54) is 0 Å². The monoisotopic (exact) mass is 274 g/mol. The summed E-state index contributed by atoms with van der Waals surface area (Å²) in [6.45, 7) is 8.84. The maximum absolute atomic E-state index is 12.3. The molecular weight excluding hydrogens is 248 g/mol. The summed E-state index contributed by atoms with van der Waals surface area (Å²) >= 11 is 0. The van der Waals surface area contributed by atoms with Gasteiger partial charge in [0, 0.05) is 11.6 Å². The number of rotatable bonds is 2. The first-order valence-electron chi connectivity index (χ1n) is 7.61. The summed E-state index contributed by atoms with van der Waals surface area (Å²) in [7, 11) is 0. The zero-order chi connectivity index (χ0) is 14.8. The second-order valence-electron chi connectivity index (χ2n) is 7.07. The summed E-state index contributed by atoms with van der Waals surface area (Å²) in [5.74, 6) is 1.70. The molecule has 0 saturated heterocycles. The highest BCUT2D eigenvalue weighted by Gasteiger charge is 2.32. The van der Waals surface area contributed by atoms with Crippen LogP contribution in [-0.4, -0.2) is 10.9 Å². The lowest BCUT2D eigenvalue weighted by Crippen LogP contribution is -2.31. The zero-order valence-electron chi connectivity index (χ0n) is 13.1. The third-order valence-corrected chi connectivity index (χ3v) is 4.46. The maximum atomic E-state index is 12.3. The van der Waals surface area contributed by atoms with Crippen LogP contribution in [0.3, 0.4) is 0 Å². The van der Waals surface area contributed by atoms with Gasteiger partial charge < -0.3 is 5.32 Å². The Hall–Kier alpha value is -1.38. The van der Waals surface area contributed by atoms with E-state index in [-0.39, 0.29) is 11.8 Å². The van der Waals surface area contributed by atoms with E-state index in [0.29, 0.717) is 11.2 Å². The van der Waals surface area contributed by atoms with Gasteiger partial charge in [-0.3, -0.25) is 4.79 Å². The lowest BCUT2D eigenvalue weighted by molar-refractivity contribution is -0.121. The van der Waals surface area contributed by atoms with Crippen LogP contribution in [0.2, 0.25) is 0 Å². The summed E-state index contributed by atoms with van der Waals surface area (Å²) in [6, 6.07) is 5.71. The second-order valence-corrected chi connectivity index (χ2v) is 7.07. The molecule has 0 aromatic carbocycles. The largest absolute Gasteiger partial charge is 0.310 e. The topological polar surface area (TPSA) is 42.0 Å². The molecule has 0 radical (unpaired) electrons. The van der Waals surface area contributed by atoms with Gasteiger partial charge in [0.1, 0.15) is 5.82 Å². The summed E-state index contributed by atoms with van der Waals surface area (Å²) < 4.78 is 0. The SMILES string of the molecule is Cc1cccc(NC(=O)C2CCC(C(C)(C)C)CC2)n1. The number of carbonyl (C=O) groups is 1. The summed E-state index contributed by atoms with van der Waals surface area (Å²) in [5, 5.41) is 2.96. The lowest BCUT2D eigenvalue weighted by atomic mass is 9.69. The molecule has 0 atom stereocenters. The molecule has 1 amide bonds. The zero-order valence-corrected chi connectivity index (χ0v) is 13.1. The number of aromatic nitrogens is 1. The minimum atomic E-state index is 0.135. The van der Waals surface area contributed by atoms with Crippen molar-refractivity contribution in [3.8, 4) is 0 Å². The highest BCUT2D eigenvalue weighted by atomic mass is 16.1. The summed E-state index contributed by atoms with van der Waals surface area (Å²) in [5.41, 5.74) is 1.29. The Kier molecular flexibility index (Phi) is 4.46. The number of pyridine rings is 1. The van der Waals surface area contributed by atoms with Crippen LogP contribution in [0, 0.1) is 24.2 Å². The van der Waals surface area contributed by atoms with Crippen molar-refractivity contribution in [2.24, 2.45) is 17.3 Å². The molecule has 2 rings (SSSR count). The maximum Gasteiger partial charge on any atom is 0.228 e. The van der Waals surface area contributed by atoms with E-state index in [1.54, 1.807) is 0 Å². The van der Waals surface area contributed by atoms with Gasteiger partial charge in [-0.15, -0.1) is 0 Å². The highest BCUT2D eigenvalue weighted by molar-refractivity contribution is 5.91. The van der Waals surface area contributed by atoms with E-state index in [4.69, 9.17) is 0 Å². The van der Waals surface area contributed by atoms with Crippen molar-refractivity contribution >= 4 is 11.7 Å². The van der Waals surface area contributed by atoms with Gasteiger partial charge in [0.15, 0.2) is 0 Å². The van der Waals surface area contributed by atoms with Crippen LogP contribution in [0.15, 0.2) is 18.2 Å². The smallest absolute Gasteiger partial charge is 0.228 e. The number of nitrogens with one attached hydrogen (secondary N) is 1. The van der Waals surface area contributed by atoms with E-state index < -0.39 is 0 Å². The minimum absolute atomic E-state index is 0.135. The molecule has 1 aromatic rings. The van der Waals surface area contributed by atoms with Crippen molar-refractivity contribution in [3.63, 3.8) is 0 Å². The quantitative estimate of drug-likeness (QED) is 0.879. The van der Waals surface area contributed by atoms with Crippen molar-refractivity contribution in [1.82, 2.24) is 4.98 Å². The second kappa shape index (κ2) is 5.94. The first kappa shape index (κ1) is 15.0. The normalized spacial score (nSPS) is 23.4. The average Bonchev–Trinajstić information content (AvgIpc) is 2.38. The van der Waals surface area contributed by atoms with Gasteiger partial charge in [-0.05, 0) is 56.1 Å². The van der Waals surface area contributed by atoms with Gasteiger partial charge in [0.25, 0.3) is 0 Å². The van der Waals surface area contributed by atoms with Crippen LogP contribution in [0.4, 0.5) is 5.82 Å². The first-order valence-corrected chi connectivity index (χ1v) is 7.61. The fraction of sp³-hybridized carbons (Fsp3) is 0.647. The number of anilines is 1. The molecule has 1 heterocycles. The molecule has 1 saturated carbocycles. The fourth-order valence-corrected chi connectivity index (χ4v) is 3.06. The molecule has 1 fully saturated rings. The van der Waals surface area contributed by atoms with Gasteiger partial charge in [-0.25, -0.2) is 4.98 Å². The molecule has 0 aliphatic heterocycles. The Balaban J connectivity index is 1.89. The number of carbonyl (C=O) groups excluding carboxylic acids is 1. The predicted octanol–water partition coefficient (Wildman–Crippen LogP) is 4.18. The Morgan fingerprint density at radius 1 is 1.20 bits per heavy atom. The molecule has 20 heavy (non-hydrogen) atoms. The van der Waals surface area contributed by atoms with Gasteiger partial charge in [0.2, 0.25) is 5.91 Å². The highest BCUT2D eigenvalue weighted by Crippen LogP contribution is 2.39. The third-order valence-electron chi connectivity index (χ3n) is 4.46. The molecule has 0 spiro atoms. The van der Waals surface area contributed by atoms with Gasteiger partial charge in [0.05, 0.1) is 0 Å². The predicted molar refractivity (Wildman–Crippen MR) is 82.5 cm³/mol. The molecule has 1 aliphatic rings. The van der Waals surface area contributed by atoms with Gasteiger partial charge in [-0.1, -0.05) is 26.8 Å². The van der Waals surface area contributed by atoms with Crippen LogP contribution in [0.25, 0.3) is 0 Å². The van der Waals surface area contributed by atoms with Crippen molar-refractivity contribution < 1.29 is 4.79 Å². The van der Waals surface area contributed by atoms with Crippen LogP contribution in [0.5, 0.6) is 0 Å². The molecule has 3 nitrogen and oxygen atoms in total. The molecule has 1 aliphatic carbocycles. The van der Waals surface area contributed by atoms with Crippen LogP contribution < -0.4 is 5.32 Å². The molecule has 110 valence electrons. The van der Waals surface area contributed by atoms with Crippen LogP contribution in [-0.2, 0) is 4.79 Å². The Bertz CT molecular complexity index is 468. The summed E-state index contributed by atoms with van der Waals surface area (Å²) in [4.78, 5) is 16.6. The van der Waals surface area contributed by atoms with E-state index in [9.17, 15) is 4.79 Å². The van der Waals surface area contributed by atoms with E-state index in [2.05, 4.69) is 31.1 Å². The lowest BCUT2D eigenvalue weighted by Gasteiger charge is -2.36. The number of hydrogen-bond acceptors (Lipinski definition) is 2. The molecule has 1 N–H and O–H groups in total. The number of amides is 1. The standard InChI is InChI=1S/C17H26N2O/c1-12-6-5-7-15(18-12)19-16(20)13-8-10-14(11-9-13)17(2,3)4/h5-7,13-14H,8-11H2,1-4H3,(H,18,19,20). The number of hydrogen-bond donors (Lipinski definition) is 1. The Morgan fingerprint density at radius 2 is 1.85 bits per heavy atom. The minimum Gasteiger partial charge on any atom is -0.310 e. The van der Waals surface area contributed by atoms with Crippen LogP contribution >= 0.6 is 0 Å². The van der Waals surface area contributed by atoms with Gasteiger partial charge >= 0.3 is 0 Å². The van der Waals surface area contributed by atoms with E-state index >= 15 is 0 Å². The van der Waals surface area contributed by atoms with Crippen molar-refractivity contribution in [2.75, 3.05) is 5.32 Å². The molecule has 3 heteroatoms. The average molecular weight is 274 g/mol.